The molecule has 1 aromatic heterocycles. The van der Waals surface area contributed by atoms with Crippen LogP contribution in [0.4, 0.5) is 5.69 Å². The van der Waals surface area contributed by atoms with E-state index in [0.717, 1.165) is 35.4 Å². The molecule has 2 heterocycles. The molecule has 9 nitrogen and oxygen atoms in total. The topological polar surface area (TPSA) is 133 Å². The lowest BCUT2D eigenvalue weighted by Gasteiger charge is -2.31. The molecule has 3 aromatic rings. The Hall–Kier alpha value is -3.12. The van der Waals surface area contributed by atoms with Crippen molar-refractivity contribution in [3.63, 3.8) is 0 Å². The van der Waals surface area contributed by atoms with Gasteiger partial charge in [0.25, 0.3) is 0 Å². The molecule has 1 saturated heterocycles. The molecule has 0 atom stereocenters. The minimum Gasteiger partial charge on any atom is -0.479 e. The number of aliphatic carboxylic acids is 1. The summed E-state index contributed by atoms with van der Waals surface area (Å²) in [5.41, 5.74) is 2.24. The second kappa shape index (κ2) is 12.2. The highest BCUT2D eigenvalue weighted by atomic mass is 35.5. The first-order valence-electron chi connectivity index (χ1n) is 11.9. The highest BCUT2D eigenvalue weighted by molar-refractivity contribution is 7.88. The average Bonchev–Trinajstić information content (AvgIpc) is 3.23. The molecule has 38 heavy (non-hydrogen) atoms. The quantitative estimate of drug-likeness (QED) is 0.293. The van der Waals surface area contributed by atoms with Crippen molar-refractivity contribution in [1.29, 1.82) is 0 Å². The maximum absolute atomic E-state index is 12.8. The zero-order valence-electron chi connectivity index (χ0n) is 20.3. The van der Waals surface area contributed by atoms with Gasteiger partial charge in [0, 0.05) is 25.3 Å². The zero-order valence-corrected chi connectivity index (χ0v) is 22.7. The fourth-order valence-electron chi connectivity index (χ4n) is 4.29. The van der Waals surface area contributed by atoms with Crippen molar-refractivity contribution in [2.24, 2.45) is 5.92 Å². The smallest absolute Gasteiger partial charge is 0.349 e. The highest BCUT2D eigenvalue weighted by Crippen LogP contribution is 2.45. The Kier molecular flexibility index (Phi) is 8.93. The zero-order chi connectivity index (χ0) is 27.3. The lowest BCUT2D eigenvalue weighted by atomic mass is 9.98. The van der Waals surface area contributed by atoms with Crippen molar-refractivity contribution in [1.82, 2.24) is 4.31 Å². The minimum absolute atomic E-state index is 0.00147. The number of nitrogens with one attached hydrogen (secondary N) is 1. The third-order valence-corrected chi connectivity index (χ3v) is 9.75. The largest absolute Gasteiger partial charge is 0.479 e. The van der Waals surface area contributed by atoms with Crippen molar-refractivity contribution in [2.45, 2.75) is 18.6 Å². The van der Waals surface area contributed by atoms with Crippen molar-refractivity contribution in [3.05, 3.63) is 70.1 Å². The van der Waals surface area contributed by atoms with Crippen LogP contribution in [0.5, 0.6) is 5.75 Å². The number of ether oxygens (including phenoxy) is 1. The van der Waals surface area contributed by atoms with Crippen LogP contribution >= 0.6 is 22.9 Å². The number of piperidine rings is 1. The molecular weight excluding hydrogens is 552 g/mol. The van der Waals surface area contributed by atoms with Gasteiger partial charge in [-0.2, -0.15) is 0 Å². The van der Waals surface area contributed by atoms with Gasteiger partial charge in [-0.15, -0.1) is 11.3 Å². The number of hydrogen-bond acceptors (Lipinski definition) is 7. The van der Waals surface area contributed by atoms with Crippen LogP contribution in [-0.2, 0) is 20.6 Å². The molecule has 0 spiro atoms. The van der Waals surface area contributed by atoms with Gasteiger partial charge in [-0.05, 0) is 42.0 Å². The summed E-state index contributed by atoms with van der Waals surface area (Å²) in [4.78, 5) is 22.8. The second-order valence-corrected chi connectivity index (χ2v) is 12.3. The number of benzene rings is 2. The van der Waals surface area contributed by atoms with Gasteiger partial charge >= 0.3 is 11.9 Å². The van der Waals surface area contributed by atoms with Gasteiger partial charge in [0.1, 0.15) is 5.02 Å². The van der Waals surface area contributed by atoms with Gasteiger partial charge in [-0.25, -0.2) is 22.3 Å². The molecule has 0 unspecified atom stereocenters. The third-order valence-electron chi connectivity index (χ3n) is 6.22. The molecule has 0 aliphatic carbocycles. The van der Waals surface area contributed by atoms with Crippen LogP contribution in [0.25, 0.3) is 10.4 Å². The number of thiophene rings is 1. The predicted octanol–water partition coefficient (Wildman–Crippen LogP) is 4.88. The Morgan fingerprint density at radius 2 is 1.79 bits per heavy atom. The highest BCUT2D eigenvalue weighted by Gasteiger charge is 2.28. The van der Waals surface area contributed by atoms with E-state index in [1.807, 2.05) is 48.5 Å². The van der Waals surface area contributed by atoms with E-state index in [1.54, 1.807) is 10.4 Å². The minimum atomic E-state index is -3.37. The molecule has 1 fully saturated rings. The lowest BCUT2D eigenvalue weighted by molar-refractivity contribution is -0.139. The van der Waals surface area contributed by atoms with Crippen molar-refractivity contribution < 1.29 is 33.0 Å². The summed E-state index contributed by atoms with van der Waals surface area (Å²) >= 11 is 7.32. The molecule has 1 aliphatic rings. The number of aromatic carboxylic acids is 1. The summed E-state index contributed by atoms with van der Waals surface area (Å²) in [6.07, 6.45) is 1.48. The van der Waals surface area contributed by atoms with Crippen molar-refractivity contribution in [2.75, 3.05) is 31.6 Å². The molecule has 2 aromatic carbocycles. The summed E-state index contributed by atoms with van der Waals surface area (Å²) in [5.74, 6) is -2.36. The Bertz CT molecular complexity index is 1400. The summed E-state index contributed by atoms with van der Waals surface area (Å²) in [6, 6.07) is 16.5. The summed E-state index contributed by atoms with van der Waals surface area (Å²) in [6.45, 7) is 0.901. The van der Waals surface area contributed by atoms with Crippen LogP contribution in [0, 0.1) is 5.92 Å². The monoisotopic (exact) mass is 578 g/mol. The number of sulfonamides is 1. The number of hydrogen-bond donors (Lipinski definition) is 3. The summed E-state index contributed by atoms with van der Waals surface area (Å²) in [5, 5.41) is 21.8. The third kappa shape index (κ3) is 6.84. The maximum atomic E-state index is 12.8. The number of anilines is 1. The van der Waals surface area contributed by atoms with E-state index >= 15 is 0 Å². The first-order chi connectivity index (χ1) is 18.1. The standard InChI is InChI=1S/C26H27ClN2O7S2/c27-22-23(36-15-21(30)31)25(26(32)33)37-24(22)19-7-4-8-20(13-19)28-14-17-9-11-29(12-10-17)38(34,35)16-18-5-2-1-3-6-18/h1-8,13,17,28H,9-12,14-16H2,(H,30,31)(H,32,33). The number of halogens is 1. The van der Waals surface area contributed by atoms with Gasteiger partial charge in [0.15, 0.2) is 17.2 Å². The van der Waals surface area contributed by atoms with E-state index in [1.165, 1.54) is 0 Å². The molecular formula is C26H27ClN2O7S2. The lowest BCUT2D eigenvalue weighted by Crippen LogP contribution is -2.40. The number of carboxylic acid groups (broad SMARTS) is 2. The fourth-order valence-corrected chi connectivity index (χ4v) is 7.25. The normalized spacial score (nSPS) is 14.8. The van der Waals surface area contributed by atoms with Crippen molar-refractivity contribution >= 4 is 50.6 Å². The Morgan fingerprint density at radius 1 is 1.08 bits per heavy atom. The summed E-state index contributed by atoms with van der Waals surface area (Å²) < 4.78 is 32.3. The van der Waals surface area contributed by atoms with E-state index in [2.05, 4.69) is 5.32 Å². The van der Waals surface area contributed by atoms with Crippen molar-refractivity contribution in [3.8, 4) is 16.2 Å². The molecule has 3 N–H and O–H groups in total. The van der Waals surface area contributed by atoms with Gasteiger partial charge < -0.3 is 20.3 Å². The Balaban J connectivity index is 1.37. The number of carbonyl (C=O) groups is 2. The van der Waals surface area contributed by atoms with Gasteiger partial charge in [-0.3, -0.25) is 0 Å². The Labute approximate surface area is 229 Å². The average molecular weight is 579 g/mol. The van der Waals surface area contributed by atoms with Gasteiger partial charge in [0.05, 0.1) is 10.6 Å². The van der Waals surface area contributed by atoms with E-state index in [9.17, 15) is 23.1 Å². The first kappa shape index (κ1) is 27.9. The molecule has 202 valence electrons. The van der Waals surface area contributed by atoms with E-state index in [-0.39, 0.29) is 21.4 Å². The second-order valence-electron chi connectivity index (χ2n) is 8.94. The summed E-state index contributed by atoms with van der Waals surface area (Å²) in [7, 11) is -3.37. The maximum Gasteiger partial charge on any atom is 0.349 e. The van der Waals surface area contributed by atoms with Gasteiger partial charge in [-0.1, -0.05) is 54.1 Å². The predicted molar refractivity (Wildman–Crippen MR) is 147 cm³/mol. The van der Waals surface area contributed by atoms with Crippen LogP contribution in [0.15, 0.2) is 54.6 Å². The molecule has 4 rings (SSSR count). The van der Waals surface area contributed by atoms with Crippen LogP contribution in [0.3, 0.4) is 0 Å². The molecule has 0 saturated carbocycles. The van der Waals surface area contributed by atoms with Crippen LogP contribution < -0.4 is 10.1 Å². The number of rotatable bonds is 11. The van der Waals surface area contributed by atoms with Crippen LogP contribution in [-0.4, -0.2) is 61.1 Å². The molecule has 0 amide bonds. The van der Waals surface area contributed by atoms with Crippen LogP contribution in [0.1, 0.15) is 28.1 Å². The number of nitrogens with zero attached hydrogens (tertiary/aromatic N) is 1. The number of carboxylic acids is 2. The van der Waals surface area contributed by atoms with E-state index in [4.69, 9.17) is 21.4 Å². The SMILES string of the molecule is O=C(O)COc1c(C(=O)O)sc(-c2cccc(NCC3CCN(S(=O)(=O)Cc4ccccc4)CC3)c2)c1Cl. The molecule has 0 bridgehead atoms. The fraction of sp³-hybridized carbons (Fsp3) is 0.308. The molecule has 1 aliphatic heterocycles. The van der Waals surface area contributed by atoms with E-state index < -0.39 is 28.6 Å². The first-order valence-corrected chi connectivity index (χ1v) is 14.7. The van der Waals surface area contributed by atoms with Gasteiger partial charge in [0.2, 0.25) is 10.0 Å². The molecule has 0 radical (unpaired) electrons. The van der Waals surface area contributed by atoms with Crippen LogP contribution in [0.2, 0.25) is 5.02 Å². The molecule has 12 heteroatoms. The van der Waals surface area contributed by atoms with E-state index in [0.29, 0.717) is 36.0 Å². The Morgan fingerprint density at radius 3 is 2.45 bits per heavy atom.